The van der Waals surface area contributed by atoms with Crippen molar-refractivity contribution in [1.29, 1.82) is 0 Å². The minimum atomic E-state index is -1.81. The van der Waals surface area contributed by atoms with Crippen LogP contribution in [0.5, 0.6) is 0 Å². The molecular weight excluding hydrogens is 446 g/mol. The lowest BCUT2D eigenvalue weighted by atomic mass is 9.86. The zero-order valence-electron chi connectivity index (χ0n) is 19.6. The highest BCUT2D eigenvalue weighted by Crippen LogP contribution is 2.44. The van der Waals surface area contributed by atoms with Gasteiger partial charge in [0.1, 0.15) is 6.61 Å². The number of nitrogens with zero attached hydrogens (tertiary/aromatic N) is 3. The number of carbonyl (C=O) groups excluding carboxylic acids is 1. The number of benzene rings is 1. The maximum absolute atomic E-state index is 13.5. The van der Waals surface area contributed by atoms with Crippen molar-refractivity contribution >= 4 is 28.2 Å². The van der Waals surface area contributed by atoms with E-state index >= 15 is 0 Å². The van der Waals surface area contributed by atoms with Gasteiger partial charge in [-0.3, -0.25) is 4.79 Å². The molecule has 0 amide bonds. The van der Waals surface area contributed by atoms with Crippen LogP contribution < -0.4 is 21.1 Å². The van der Waals surface area contributed by atoms with Crippen LogP contribution in [0.1, 0.15) is 35.6 Å². The molecule has 1 unspecified atom stereocenters. The first-order valence-corrected chi connectivity index (χ1v) is 12.4. The predicted octanol–water partition coefficient (Wildman–Crippen LogP) is 1.46. The quantitative estimate of drug-likeness (QED) is 0.376. The average Bonchev–Trinajstić information content (AvgIpc) is 3.27. The molecule has 0 spiro atoms. The first-order valence-electron chi connectivity index (χ1n) is 12.4. The van der Waals surface area contributed by atoms with Gasteiger partial charge in [0.25, 0.3) is 5.56 Å². The van der Waals surface area contributed by atoms with Gasteiger partial charge in [-0.2, -0.15) is 0 Å². The summed E-state index contributed by atoms with van der Waals surface area (Å²) >= 11 is 0. The van der Waals surface area contributed by atoms with Gasteiger partial charge in [-0.05, 0) is 36.6 Å². The number of fused-ring (bicyclic) bond motifs is 5. The lowest BCUT2D eigenvalue weighted by molar-refractivity contribution is -0.172. The summed E-state index contributed by atoms with van der Waals surface area (Å²) in [6.07, 6.45) is 0.983. The van der Waals surface area contributed by atoms with Gasteiger partial charge in [0.05, 0.1) is 40.4 Å². The highest BCUT2D eigenvalue weighted by Gasteiger charge is 2.45. The predicted molar refractivity (Wildman–Crippen MR) is 132 cm³/mol. The number of pyridine rings is 2. The number of anilines is 2. The van der Waals surface area contributed by atoms with Crippen LogP contribution in [0.4, 0.5) is 11.4 Å². The fourth-order valence-electron chi connectivity index (χ4n) is 6.19. The molecular formula is C26H27N5O4. The Kier molecular flexibility index (Phi) is 4.35. The molecule has 1 aromatic carbocycles. The highest BCUT2D eigenvalue weighted by atomic mass is 16.6. The number of nitrogens with one attached hydrogen (secondary N) is 2. The number of aromatic nitrogens is 2. The molecule has 3 N–H and O–H groups in total. The van der Waals surface area contributed by atoms with Gasteiger partial charge < -0.3 is 29.9 Å². The molecule has 0 bridgehead atoms. The number of ether oxygens (including phenoxy) is 1. The lowest BCUT2D eigenvalue weighted by Crippen LogP contribution is -2.44. The number of piperazine rings is 1. The molecule has 0 aliphatic carbocycles. The van der Waals surface area contributed by atoms with Crippen molar-refractivity contribution in [3.63, 3.8) is 0 Å². The third-order valence-corrected chi connectivity index (χ3v) is 8.08. The van der Waals surface area contributed by atoms with Crippen molar-refractivity contribution in [3.05, 3.63) is 50.8 Å². The second kappa shape index (κ2) is 7.29. The molecule has 7 rings (SSSR count). The maximum Gasteiger partial charge on any atom is 0.343 e. The molecule has 4 aliphatic heterocycles. The van der Waals surface area contributed by atoms with E-state index in [9.17, 15) is 14.7 Å². The van der Waals surface area contributed by atoms with Crippen molar-refractivity contribution in [1.82, 2.24) is 14.9 Å². The minimum Gasteiger partial charge on any atom is -0.458 e. The summed E-state index contributed by atoms with van der Waals surface area (Å²) in [5.74, 6) is -0.701. The van der Waals surface area contributed by atoms with E-state index in [1.165, 1.54) is 11.3 Å². The monoisotopic (exact) mass is 473 g/mol. The number of rotatable bonds is 2. The van der Waals surface area contributed by atoms with E-state index in [0.29, 0.717) is 23.4 Å². The Bertz CT molecular complexity index is 1490. The lowest BCUT2D eigenvalue weighted by Gasteiger charge is -2.33. The number of esters is 1. The molecule has 9 nitrogen and oxygen atoms in total. The summed E-state index contributed by atoms with van der Waals surface area (Å²) in [7, 11) is 0. The number of hydrogen-bond donors (Lipinski definition) is 3. The molecule has 9 heteroatoms. The number of cyclic esters (lactones) is 1. The molecule has 4 aliphatic rings. The smallest absolute Gasteiger partial charge is 0.343 e. The highest BCUT2D eigenvalue weighted by molar-refractivity contribution is 6.04. The number of carbonyl (C=O) groups is 1. The van der Waals surface area contributed by atoms with E-state index in [-0.39, 0.29) is 18.6 Å². The topological polar surface area (TPSA) is 109 Å². The van der Waals surface area contributed by atoms with Gasteiger partial charge in [0, 0.05) is 49.2 Å². The first-order chi connectivity index (χ1) is 17.0. The first kappa shape index (κ1) is 20.9. The average molecular weight is 474 g/mol. The maximum atomic E-state index is 13.5. The second-order valence-corrected chi connectivity index (χ2v) is 9.79. The van der Waals surface area contributed by atoms with Crippen LogP contribution in [0.25, 0.3) is 22.3 Å². The molecule has 2 aromatic heterocycles. The van der Waals surface area contributed by atoms with Gasteiger partial charge in [0.15, 0.2) is 5.60 Å². The normalized spacial score (nSPS) is 22.3. The molecule has 1 fully saturated rings. The summed E-state index contributed by atoms with van der Waals surface area (Å²) in [6.45, 7) is 6.71. The van der Waals surface area contributed by atoms with Crippen LogP contribution in [-0.2, 0) is 34.7 Å². The summed E-state index contributed by atoms with van der Waals surface area (Å²) in [4.78, 5) is 33.4. The molecule has 3 aromatic rings. The third kappa shape index (κ3) is 2.73. The van der Waals surface area contributed by atoms with Crippen LogP contribution >= 0.6 is 0 Å². The minimum absolute atomic E-state index is 0.115. The van der Waals surface area contributed by atoms with E-state index in [2.05, 4.69) is 27.7 Å². The number of hydrogen-bond acceptors (Lipinski definition) is 8. The van der Waals surface area contributed by atoms with Gasteiger partial charge in [-0.1, -0.05) is 6.92 Å². The Morgan fingerprint density at radius 1 is 1.14 bits per heavy atom. The third-order valence-electron chi connectivity index (χ3n) is 8.08. The summed E-state index contributed by atoms with van der Waals surface area (Å²) in [6, 6.07) is 6.01. The summed E-state index contributed by atoms with van der Waals surface area (Å²) in [5, 5.41) is 19.3. The van der Waals surface area contributed by atoms with Crippen LogP contribution in [0.15, 0.2) is 23.0 Å². The van der Waals surface area contributed by atoms with Crippen molar-refractivity contribution in [2.75, 3.05) is 42.9 Å². The molecule has 0 saturated carbocycles. The zero-order chi connectivity index (χ0) is 23.9. The van der Waals surface area contributed by atoms with Crippen LogP contribution in [0.2, 0.25) is 0 Å². The van der Waals surface area contributed by atoms with Crippen molar-refractivity contribution in [2.24, 2.45) is 0 Å². The molecule has 1 saturated heterocycles. The van der Waals surface area contributed by atoms with Gasteiger partial charge in [-0.25, -0.2) is 9.78 Å². The Hall–Kier alpha value is -3.43. The largest absolute Gasteiger partial charge is 0.458 e. The Morgan fingerprint density at radius 3 is 2.77 bits per heavy atom. The molecule has 6 heterocycles. The van der Waals surface area contributed by atoms with Gasteiger partial charge in [0.2, 0.25) is 0 Å². The SMILES string of the molecule is CCC1(O)C(=O)OCc2c1cc1n(c2=O)Cc2c-1nc1ccc(N3CCNCC3)c3c1c2CCN3. The Morgan fingerprint density at radius 2 is 1.97 bits per heavy atom. The second-order valence-electron chi connectivity index (χ2n) is 9.79. The van der Waals surface area contributed by atoms with E-state index < -0.39 is 11.6 Å². The van der Waals surface area contributed by atoms with E-state index in [4.69, 9.17) is 9.72 Å². The molecule has 0 radical (unpaired) electrons. The fourth-order valence-corrected chi connectivity index (χ4v) is 6.19. The van der Waals surface area contributed by atoms with Crippen LogP contribution in [0.3, 0.4) is 0 Å². The summed E-state index contributed by atoms with van der Waals surface area (Å²) < 4.78 is 6.92. The van der Waals surface area contributed by atoms with Crippen LogP contribution in [0, 0.1) is 0 Å². The Balaban J connectivity index is 1.45. The van der Waals surface area contributed by atoms with E-state index in [1.54, 1.807) is 17.6 Å². The van der Waals surface area contributed by atoms with Gasteiger partial charge in [-0.15, -0.1) is 0 Å². The zero-order valence-corrected chi connectivity index (χ0v) is 19.6. The fraction of sp³-hybridized carbons (Fsp3) is 0.423. The standard InChI is InChI=1S/C26H27N5O4/c1-2-26(34)17-11-20-22-15(12-31(20)24(32)16(17)13-35-25(26)33)14-5-6-28-23-19(30-9-7-27-8-10-30)4-3-18(29-22)21(14)23/h3-4,11,27-28,34H,2,5-10,12-13H2,1H3. The molecule has 1 atom stereocenters. The van der Waals surface area contributed by atoms with Crippen LogP contribution in [-0.4, -0.2) is 53.4 Å². The molecule has 180 valence electrons. The van der Waals surface area contributed by atoms with Crippen molar-refractivity contribution in [3.8, 4) is 11.4 Å². The number of aliphatic hydroxyl groups is 1. The van der Waals surface area contributed by atoms with E-state index in [0.717, 1.165) is 67.0 Å². The van der Waals surface area contributed by atoms with Crippen molar-refractivity contribution in [2.45, 2.75) is 38.5 Å². The van der Waals surface area contributed by atoms with Crippen molar-refractivity contribution < 1.29 is 14.6 Å². The molecule has 35 heavy (non-hydrogen) atoms. The van der Waals surface area contributed by atoms with Gasteiger partial charge >= 0.3 is 5.97 Å². The Labute approximate surface area is 201 Å². The van der Waals surface area contributed by atoms with E-state index in [1.807, 2.05) is 0 Å². The summed E-state index contributed by atoms with van der Waals surface area (Å²) in [5.41, 5.74) is 5.62.